The van der Waals surface area contributed by atoms with E-state index in [2.05, 4.69) is 0 Å². The minimum absolute atomic E-state index is 0.141. The van der Waals surface area contributed by atoms with Gasteiger partial charge in [0.2, 0.25) is 0 Å². The molecule has 16 heavy (non-hydrogen) atoms. The van der Waals surface area contributed by atoms with E-state index in [4.69, 9.17) is 15.8 Å². The second-order valence-corrected chi connectivity index (χ2v) is 7.22. The van der Waals surface area contributed by atoms with E-state index in [1.54, 1.807) is 6.07 Å². The van der Waals surface area contributed by atoms with Gasteiger partial charge in [-0.05, 0) is 31.4 Å². The average molecular weight is 283 g/mol. The van der Waals surface area contributed by atoms with Gasteiger partial charge >= 0.3 is 5.97 Å². The molecular weight excluding hydrogens is 272 g/mol. The fourth-order valence-corrected chi connectivity index (χ4v) is 3.36. The van der Waals surface area contributed by atoms with Crippen LogP contribution in [0.2, 0.25) is 0 Å². The second-order valence-electron chi connectivity index (χ2n) is 3.26. The molecule has 0 fully saturated rings. The third-order valence-corrected chi connectivity index (χ3v) is 5.18. The molecule has 1 N–H and O–H groups in total. The molecule has 0 aliphatic rings. The molecule has 1 aromatic heterocycles. The van der Waals surface area contributed by atoms with Gasteiger partial charge in [0, 0.05) is 22.0 Å². The van der Waals surface area contributed by atoms with Crippen molar-refractivity contribution < 1.29 is 18.3 Å². The molecule has 7 heteroatoms. The van der Waals surface area contributed by atoms with Crippen molar-refractivity contribution in [3.8, 4) is 0 Å². The first-order valence-corrected chi connectivity index (χ1v) is 7.77. The highest BCUT2D eigenvalue weighted by atomic mass is 35.7. The monoisotopic (exact) mass is 282 g/mol. The van der Waals surface area contributed by atoms with E-state index in [0.717, 1.165) is 22.6 Å². The van der Waals surface area contributed by atoms with Crippen LogP contribution in [0.4, 0.5) is 0 Å². The lowest BCUT2D eigenvalue weighted by Gasteiger charge is -1.95. The molecule has 0 saturated carbocycles. The third-order valence-electron chi connectivity index (χ3n) is 1.94. The first-order chi connectivity index (χ1) is 7.39. The summed E-state index contributed by atoms with van der Waals surface area (Å²) >= 11 is 1.13. The van der Waals surface area contributed by atoms with Crippen LogP contribution in [-0.2, 0) is 20.3 Å². The summed E-state index contributed by atoms with van der Waals surface area (Å²) in [7, 11) is 1.55. The average Bonchev–Trinajstić information content (AvgIpc) is 2.59. The number of hydrogen-bond donors (Lipinski definition) is 1. The van der Waals surface area contributed by atoms with Crippen molar-refractivity contribution in [3.63, 3.8) is 0 Å². The summed E-state index contributed by atoms with van der Waals surface area (Å²) in [6.45, 7) is 0. The Labute approximate surface area is 102 Å². The predicted octanol–water partition coefficient (Wildman–Crippen LogP) is 2.47. The number of rotatable bonds is 6. The topological polar surface area (TPSA) is 71.4 Å². The fourth-order valence-electron chi connectivity index (χ4n) is 1.20. The molecular formula is C9H11ClO4S2. The number of aliphatic carboxylic acids is 1. The second kappa shape index (κ2) is 5.65. The first kappa shape index (κ1) is 13.5. The Bertz CT molecular complexity index is 464. The lowest BCUT2D eigenvalue weighted by atomic mass is 10.2. The van der Waals surface area contributed by atoms with Crippen molar-refractivity contribution in [1.82, 2.24) is 0 Å². The number of hydrogen-bond acceptors (Lipinski definition) is 4. The lowest BCUT2D eigenvalue weighted by Crippen LogP contribution is -1.94. The number of carboxylic acids is 1. The zero-order chi connectivity index (χ0) is 12.2. The summed E-state index contributed by atoms with van der Waals surface area (Å²) in [6, 6.07) is 3.18. The van der Waals surface area contributed by atoms with Gasteiger partial charge in [-0.2, -0.15) is 0 Å². The number of halogens is 1. The Morgan fingerprint density at radius 2 is 2.06 bits per heavy atom. The van der Waals surface area contributed by atoms with Gasteiger partial charge < -0.3 is 5.11 Å². The van der Waals surface area contributed by atoms with E-state index in [1.165, 1.54) is 6.07 Å². The number of unbranched alkanes of at least 4 members (excludes halogenated alkanes) is 1. The Morgan fingerprint density at radius 3 is 2.56 bits per heavy atom. The lowest BCUT2D eigenvalue weighted by molar-refractivity contribution is -0.137. The Hall–Kier alpha value is -0.590. The van der Waals surface area contributed by atoms with E-state index < -0.39 is 15.0 Å². The van der Waals surface area contributed by atoms with E-state index in [-0.39, 0.29) is 10.6 Å². The molecule has 90 valence electrons. The van der Waals surface area contributed by atoms with Gasteiger partial charge in [-0.15, -0.1) is 11.3 Å². The molecule has 0 amide bonds. The van der Waals surface area contributed by atoms with Crippen LogP contribution in [-0.4, -0.2) is 19.5 Å². The zero-order valence-electron chi connectivity index (χ0n) is 8.35. The Balaban J connectivity index is 2.44. The quantitative estimate of drug-likeness (QED) is 0.643. The summed E-state index contributed by atoms with van der Waals surface area (Å²) < 4.78 is 22.1. The largest absolute Gasteiger partial charge is 0.481 e. The van der Waals surface area contributed by atoms with Gasteiger partial charge in [-0.3, -0.25) is 4.79 Å². The molecule has 0 unspecified atom stereocenters. The van der Waals surface area contributed by atoms with Crippen LogP contribution in [0.5, 0.6) is 0 Å². The standard InChI is InChI=1S/C9H11ClO4S2/c10-16(13,14)9-6-5-7(15-9)3-1-2-4-8(11)12/h5-6H,1-4H2,(H,11,12). The molecule has 0 aromatic carbocycles. The normalized spacial score (nSPS) is 11.6. The molecule has 4 nitrogen and oxygen atoms in total. The molecule has 1 heterocycles. The van der Waals surface area contributed by atoms with E-state index >= 15 is 0 Å². The highest BCUT2D eigenvalue weighted by Crippen LogP contribution is 2.25. The van der Waals surface area contributed by atoms with Crippen LogP contribution in [0, 0.1) is 0 Å². The molecule has 0 radical (unpaired) electrons. The van der Waals surface area contributed by atoms with Crippen molar-refractivity contribution in [2.24, 2.45) is 0 Å². The Kier molecular flexibility index (Phi) is 4.76. The van der Waals surface area contributed by atoms with E-state index in [0.29, 0.717) is 12.8 Å². The van der Waals surface area contributed by atoms with Gasteiger partial charge in [-0.1, -0.05) is 0 Å². The zero-order valence-corrected chi connectivity index (χ0v) is 10.7. The number of carbonyl (C=O) groups is 1. The van der Waals surface area contributed by atoms with Gasteiger partial charge in [0.05, 0.1) is 0 Å². The highest BCUT2D eigenvalue weighted by molar-refractivity contribution is 8.15. The van der Waals surface area contributed by atoms with Crippen LogP contribution < -0.4 is 0 Å². The third kappa shape index (κ3) is 4.51. The van der Waals surface area contributed by atoms with Gasteiger partial charge in [0.15, 0.2) is 0 Å². The maximum Gasteiger partial charge on any atom is 0.303 e. The van der Waals surface area contributed by atoms with Crippen LogP contribution in [0.3, 0.4) is 0 Å². The molecule has 0 aliphatic heterocycles. The summed E-state index contributed by atoms with van der Waals surface area (Å²) in [5.74, 6) is -0.810. The summed E-state index contributed by atoms with van der Waals surface area (Å²) in [5.41, 5.74) is 0. The van der Waals surface area contributed by atoms with Crippen LogP contribution in [0.25, 0.3) is 0 Å². The van der Waals surface area contributed by atoms with Crippen molar-refractivity contribution in [1.29, 1.82) is 0 Å². The van der Waals surface area contributed by atoms with Gasteiger partial charge in [0.1, 0.15) is 4.21 Å². The molecule has 0 aliphatic carbocycles. The molecule has 0 spiro atoms. The van der Waals surface area contributed by atoms with Crippen molar-refractivity contribution in [2.45, 2.75) is 29.9 Å². The number of thiophene rings is 1. The number of aryl methyl sites for hydroxylation is 1. The molecule has 1 rings (SSSR count). The summed E-state index contributed by atoms with van der Waals surface area (Å²) in [5, 5.41) is 8.43. The number of carboxylic acid groups (broad SMARTS) is 1. The minimum Gasteiger partial charge on any atom is -0.481 e. The van der Waals surface area contributed by atoms with Crippen LogP contribution in [0.1, 0.15) is 24.1 Å². The summed E-state index contributed by atoms with van der Waals surface area (Å²) in [4.78, 5) is 11.2. The van der Waals surface area contributed by atoms with Crippen molar-refractivity contribution in [3.05, 3.63) is 17.0 Å². The molecule has 1 aromatic rings. The predicted molar refractivity (Wildman–Crippen MR) is 62.5 cm³/mol. The highest BCUT2D eigenvalue weighted by Gasteiger charge is 2.12. The summed E-state index contributed by atoms with van der Waals surface area (Å²) in [6.07, 6.45) is 2.15. The SMILES string of the molecule is O=C(O)CCCCc1ccc(S(=O)(=O)Cl)s1. The van der Waals surface area contributed by atoms with Crippen molar-refractivity contribution >= 4 is 37.0 Å². The first-order valence-electron chi connectivity index (χ1n) is 4.65. The van der Waals surface area contributed by atoms with Crippen molar-refractivity contribution in [2.75, 3.05) is 0 Å². The van der Waals surface area contributed by atoms with Crippen LogP contribution in [0.15, 0.2) is 16.3 Å². The van der Waals surface area contributed by atoms with Crippen LogP contribution >= 0.6 is 22.0 Å². The molecule has 0 atom stereocenters. The molecule has 0 saturated heterocycles. The van der Waals surface area contributed by atoms with E-state index in [1.807, 2.05) is 0 Å². The maximum absolute atomic E-state index is 11.0. The maximum atomic E-state index is 11.0. The van der Waals surface area contributed by atoms with Gasteiger partial charge in [0.25, 0.3) is 9.05 Å². The smallest absolute Gasteiger partial charge is 0.303 e. The fraction of sp³-hybridized carbons (Fsp3) is 0.444. The Morgan fingerprint density at radius 1 is 1.38 bits per heavy atom. The minimum atomic E-state index is -3.63. The van der Waals surface area contributed by atoms with E-state index in [9.17, 15) is 13.2 Å². The van der Waals surface area contributed by atoms with Gasteiger partial charge in [-0.25, -0.2) is 8.42 Å². The molecule has 0 bridgehead atoms.